The van der Waals surface area contributed by atoms with Crippen molar-refractivity contribution in [2.45, 2.75) is 19.3 Å². The Hall–Kier alpha value is -1.57. The summed E-state index contributed by atoms with van der Waals surface area (Å²) in [4.78, 5) is 11.8. The molecule has 15 heavy (non-hydrogen) atoms. The molecular weight excluding hydrogens is 188 g/mol. The van der Waals surface area contributed by atoms with Gasteiger partial charge < -0.3 is 4.74 Å². The fourth-order valence-electron chi connectivity index (χ4n) is 1.29. The summed E-state index contributed by atoms with van der Waals surface area (Å²) < 4.78 is 5.05. The molecule has 0 saturated heterocycles. The smallest absolute Gasteiger partial charge is 0.316 e. The highest BCUT2D eigenvalue weighted by molar-refractivity contribution is 5.82. The number of rotatable bonds is 4. The SMILES string of the molecule is C=CCOC(=O)C(C)(C)c1ccccc1. The fraction of sp³-hybridized carbons (Fsp3) is 0.308. The van der Waals surface area contributed by atoms with Crippen LogP contribution in [0.1, 0.15) is 19.4 Å². The number of hydrogen-bond acceptors (Lipinski definition) is 2. The molecule has 0 heterocycles. The summed E-state index contributed by atoms with van der Waals surface area (Å²) in [6, 6.07) is 9.61. The molecule has 2 nitrogen and oxygen atoms in total. The third-order valence-corrected chi connectivity index (χ3v) is 2.34. The standard InChI is InChI=1S/C13H16O2/c1-4-10-15-12(14)13(2,3)11-8-6-5-7-9-11/h4-9H,1,10H2,2-3H3. The Morgan fingerprint density at radius 1 is 1.40 bits per heavy atom. The Labute approximate surface area is 90.6 Å². The van der Waals surface area contributed by atoms with Gasteiger partial charge in [0.1, 0.15) is 6.61 Å². The predicted octanol–water partition coefficient (Wildman–Crippen LogP) is 2.69. The second-order valence-electron chi connectivity index (χ2n) is 3.88. The minimum atomic E-state index is -0.607. The van der Waals surface area contributed by atoms with Crippen molar-refractivity contribution in [1.82, 2.24) is 0 Å². The van der Waals surface area contributed by atoms with E-state index in [0.29, 0.717) is 0 Å². The van der Waals surface area contributed by atoms with E-state index in [1.807, 2.05) is 44.2 Å². The first kappa shape index (κ1) is 11.5. The van der Waals surface area contributed by atoms with Gasteiger partial charge in [-0.25, -0.2) is 0 Å². The summed E-state index contributed by atoms with van der Waals surface area (Å²) >= 11 is 0. The van der Waals surface area contributed by atoms with Gasteiger partial charge in [-0.05, 0) is 19.4 Å². The van der Waals surface area contributed by atoms with Crippen molar-refractivity contribution in [3.63, 3.8) is 0 Å². The summed E-state index contributed by atoms with van der Waals surface area (Å²) in [6.45, 7) is 7.48. The molecule has 80 valence electrons. The van der Waals surface area contributed by atoms with Gasteiger partial charge in [0, 0.05) is 0 Å². The van der Waals surface area contributed by atoms with Crippen LogP contribution in [-0.2, 0) is 14.9 Å². The van der Waals surface area contributed by atoms with E-state index in [0.717, 1.165) is 5.56 Å². The zero-order valence-corrected chi connectivity index (χ0v) is 9.19. The fourth-order valence-corrected chi connectivity index (χ4v) is 1.29. The molecule has 0 aliphatic rings. The van der Waals surface area contributed by atoms with Crippen molar-refractivity contribution in [3.05, 3.63) is 48.6 Å². The van der Waals surface area contributed by atoms with Crippen LogP contribution < -0.4 is 0 Å². The molecule has 0 aliphatic carbocycles. The zero-order chi connectivity index (χ0) is 11.3. The monoisotopic (exact) mass is 204 g/mol. The normalized spacial score (nSPS) is 10.8. The van der Waals surface area contributed by atoms with Crippen molar-refractivity contribution in [2.75, 3.05) is 6.61 Å². The summed E-state index contributed by atoms with van der Waals surface area (Å²) in [6.07, 6.45) is 1.57. The molecule has 0 atom stereocenters. The largest absolute Gasteiger partial charge is 0.461 e. The van der Waals surface area contributed by atoms with Gasteiger partial charge in [0.15, 0.2) is 0 Å². The lowest BCUT2D eigenvalue weighted by Crippen LogP contribution is -2.31. The van der Waals surface area contributed by atoms with E-state index in [1.54, 1.807) is 6.08 Å². The molecule has 1 aromatic rings. The molecule has 0 spiro atoms. The van der Waals surface area contributed by atoms with Crippen molar-refractivity contribution in [1.29, 1.82) is 0 Å². The quantitative estimate of drug-likeness (QED) is 0.556. The van der Waals surface area contributed by atoms with E-state index >= 15 is 0 Å². The van der Waals surface area contributed by atoms with Gasteiger partial charge in [0.05, 0.1) is 5.41 Å². The van der Waals surface area contributed by atoms with Crippen LogP contribution in [0, 0.1) is 0 Å². The average molecular weight is 204 g/mol. The first-order valence-corrected chi connectivity index (χ1v) is 4.92. The topological polar surface area (TPSA) is 26.3 Å². The molecule has 0 saturated carbocycles. The first-order valence-electron chi connectivity index (χ1n) is 4.92. The van der Waals surface area contributed by atoms with Gasteiger partial charge in [-0.15, -0.1) is 0 Å². The van der Waals surface area contributed by atoms with Crippen LogP contribution >= 0.6 is 0 Å². The molecule has 0 amide bonds. The molecule has 0 unspecified atom stereocenters. The second kappa shape index (κ2) is 4.78. The van der Waals surface area contributed by atoms with Crippen LogP contribution in [0.2, 0.25) is 0 Å². The van der Waals surface area contributed by atoms with Crippen LogP contribution in [0.4, 0.5) is 0 Å². The van der Waals surface area contributed by atoms with Crippen LogP contribution in [0.5, 0.6) is 0 Å². The molecule has 0 aliphatic heterocycles. The van der Waals surface area contributed by atoms with Gasteiger partial charge >= 0.3 is 5.97 Å². The first-order chi connectivity index (χ1) is 7.09. The number of esters is 1. The molecule has 0 fully saturated rings. The van der Waals surface area contributed by atoms with Crippen LogP contribution in [0.25, 0.3) is 0 Å². The number of hydrogen-bond donors (Lipinski definition) is 0. The second-order valence-corrected chi connectivity index (χ2v) is 3.88. The third kappa shape index (κ3) is 2.69. The van der Waals surface area contributed by atoms with E-state index in [2.05, 4.69) is 6.58 Å². The molecule has 0 radical (unpaired) electrons. The van der Waals surface area contributed by atoms with Crippen LogP contribution in [-0.4, -0.2) is 12.6 Å². The van der Waals surface area contributed by atoms with E-state index in [4.69, 9.17) is 4.74 Å². The van der Waals surface area contributed by atoms with Crippen molar-refractivity contribution in [3.8, 4) is 0 Å². The van der Waals surface area contributed by atoms with E-state index in [-0.39, 0.29) is 12.6 Å². The molecule has 2 heteroatoms. The number of benzene rings is 1. The maximum absolute atomic E-state index is 11.8. The average Bonchev–Trinajstić information content (AvgIpc) is 2.27. The molecule has 1 aromatic carbocycles. The highest BCUT2D eigenvalue weighted by atomic mass is 16.5. The Bertz CT molecular complexity index is 339. The molecule has 0 bridgehead atoms. The van der Waals surface area contributed by atoms with Crippen molar-refractivity contribution in [2.24, 2.45) is 0 Å². The molecule has 0 N–H and O–H groups in total. The Balaban J connectivity index is 2.82. The van der Waals surface area contributed by atoms with Gasteiger partial charge in [0.2, 0.25) is 0 Å². The molecular formula is C13H16O2. The van der Waals surface area contributed by atoms with Crippen molar-refractivity contribution < 1.29 is 9.53 Å². The Kier molecular flexibility index (Phi) is 3.67. The van der Waals surface area contributed by atoms with Gasteiger partial charge in [-0.2, -0.15) is 0 Å². The van der Waals surface area contributed by atoms with E-state index in [1.165, 1.54) is 0 Å². The summed E-state index contributed by atoms with van der Waals surface area (Å²) in [5.41, 5.74) is 0.351. The Morgan fingerprint density at radius 2 is 2.00 bits per heavy atom. The molecule has 0 aromatic heterocycles. The highest BCUT2D eigenvalue weighted by Crippen LogP contribution is 2.24. The zero-order valence-electron chi connectivity index (χ0n) is 9.19. The lowest BCUT2D eigenvalue weighted by Gasteiger charge is -2.22. The maximum atomic E-state index is 11.8. The third-order valence-electron chi connectivity index (χ3n) is 2.34. The summed E-state index contributed by atoms with van der Waals surface area (Å²) in [7, 11) is 0. The Morgan fingerprint density at radius 3 is 2.53 bits per heavy atom. The highest BCUT2D eigenvalue weighted by Gasteiger charge is 2.30. The minimum absolute atomic E-state index is 0.228. The maximum Gasteiger partial charge on any atom is 0.316 e. The minimum Gasteiger partial charge on any atom is -0.461 e. The van der Waals surface area contributed by atoms with E-state index in [9.17, 15) is 4.79 Å². The number of carbonyl (C=O) groups excluding carboxylic acids is 1. The lowest BCUT2D eigenvalue weighted by molar-refractivity contribution is -0.148. The van der Waals surface area contributed by atoms with Crippen LogP contribution in [0.3, 0.4) is 0 Å². The molecule has 1 rings (SSSR count). The summed E-state index contributed by atoms with van der Waals surface area (Å²) in [5.74, 6) is -0.228. The predicted molar refractivity (Wildman–Crippen MR) is 60.6 cm³/mol. The van der Waals surface area contributed by atoms with Gasteiger partial charge in [-0.3, -0.25) is 4.79 Å². The summed E-state index contributed by atoms with van der Waals surface area (Å²) in [5, 5.41) is 0. The van der Waals surface area contributed by atoms with Gasteiger partial charge in [0.25, 0.3) is 0 Å². The van der Waals surface area contributed by atoms with Crippen LogP contribution in [0.15, 0.2) is 43.0 Å². The number of carbonyl (C=O) groups is 1. The lowest BCUT2D eigenvalue weighted by atomic mass is 9.85. The number of ether oxygens (including phenoxy) is 1. The van der Waals surface area contributed by atoms with Gasteiger partial charge in [-0.1, -0.05) is 43.0 Å². The van der Waals surface area contributed by atoms with E-state index < -0.39 is 5.41 Å². The van der Waals surface area contributed by atoms with Crippen molar-refractivity contribution >= 4 is 5.97 Å².